The van der Waals surface area contributed by atoms with Crippen LogP contribution in [0.15, 0.2) is 53.6 Å². The van der Waals surface area contributed by atoms with Gasteiger partial charge in [-0.15, -0.1) is 0 Å². The highest BCUT2D eigenvalue weighted by molar-refractivity contribution is 7.89. The number of aromatic nitrogens is 1. The molecule has 1 aromatic heterocycles. The quantitative estimate of drug-likeness (QED) is 0.873. The van der Waals surface area contributed by atoms with E-state index in [-0.39, 0.29) is 10.8 Å². The van der Waals surface area contributed by atoms with Crippen LogP contribution in [0.25, 0.3) is 0 Å². The zero-order valence-corrected chi connectivity index (χ0v) is 15.6. The fourth-order valence-electron chi connectivity index (χ4n) is 3.07. The fraction of sp³-hybridized carbons (Fsp3) is 0.368. The summed E-state index contributed by atoms with van der Waals surface area (Å²) in [6.07, 6.45) is 3.61. The van der Waals surface area contributed by atoms with Crippen LogP contribution in [0.3, 0.4) is 0 Å². The number of hydrogen-bond donors (Lipinski definition) is 1. The fourth-order valence-corrected chi connectivity index (χ4v) is 4.67. The Hall–Kier alpha value is -2.25. The minimum atomic E-state index is -3.50. The van der Waals surface area contributed by atoms with Crippen molar-refractivity contribution in [1.82, 2.24) is 14.6 Å². The van der Waals surface area contributed by atoms with Crippen molar-refractivity contribution < 1.29 is 13.2 Å². The lowest BCUT2D eigenvalue weighted by molar-refractivity contribution is 0.0950. The molecule has 2 heterocycles. The Kier molecular flexibility index (Phi) is 5.68. The second-order valence-electron chi connectivity index (χ2n) is 6.64. The van der Waals surface area contributed by atoms with E-state index in [9.17, 15) is 13.2 Å². The van der Waals surface area contributed by atoms with Crippen molar-refractivity contribution in [2.75, 3.05) is 13.1 Å². The van der Waals surface area contributed by atoms with Gasteiger partial charge in [0.05, 0.1) is 17.1 Å². The lowest BCUT2D eigenvalue weighted by Gasteiger charge is -2.30. The van der Waals surface area contributed by atoms with Crippen LogP contribution in [-0.2, 0) is 16.6 Å². The Balaban J connectivity index is 1.66. The summed E-state index contributed by atoms with van der Waals surface area (Å²) in [5.41, 5.74) is 1.19. The lowest BCUT2D eigenvalue weighted by Crippen LogP contribution is -2.39. The van der Waals surface area contributed by atoms with Crippen LogP contribution in [-0.4, -0.2) is 36.7 Å². The van der Waals surface area contributed by atoms with E-state index in [0.29, 0.717) is 31.1 Å². The Labute approximate surface area is 154 Å². The molecule has 26 heavy (non-hydrogen) atoms. The van der Waals surface area contributed by atoms with Gasteiger partial charge in [-0.2, -0.15) is 4.31 Å². The number of pyridine rings is 1. The third kappa shape index (κ3) is 4.28. The van der Waals surface area contributed by atoms with Gasteiger partial charge in [-0.3, -0.25) is 9.78 Å². The van der Waals surface area contributed by atoms with Crippen molar-refractivity contribution >= 4 is 15.9 Å². The minimum Gasteiger partial charge on any atom is -0.346 e. The molecule has 138 valence electrons. The smallest absolute Gasteiger partial charge is 0.251 e. The molecule has 1 amide bonds. The third-order valence-corrected chi connectivity index (χ3v) is 6.41. The van der Waals surface area contributed by atoms with Crippen LogP contribution >= 0.6 is 0 Å². The average Bonchev–Trinajstić information content (AvgIpc) is 2.67. The number of nitrogens with one attached hydrogen (secondary N) is 1. The maximum atomic E-state index is 12.7. The highest BCUT2D eigenvalue weighted by Gasteiger charge is 2.28. The average molecular weight is 373 g/mol. The first-order valence-corrected chi connectivity index (χ1v) is 10.2. The van der Waals surface area contributed by atoms with Crippen molar-refractivity contribution in [3.05, 3.63) is 59.9 Å². The van der Waals surface area contributed by atoms with E-state index < -0.39 is 10.0 Å². The van der Waals surface area contributed by atoms with E-state index in [4.69, 9.17) is 0 Å². The molecular formula is C19H23N3O3S. The molecule has 0 bridgehead atoms. The molecule has 1 fully saturated rings. The second kappa shape index (κ2) is 7.97. The molecular weight excluding hydrogens is 350 g/mol. The topological polar surface area (TPSA) is 79.4 Å². The van der Waals surface area contributed by atoms with Crippen LogP contribution in [0.1, 0.15) is 35.8 Å². The summed E-state index contributed by atoms with van der Waals surface area (Å²) in [5, 5.41) is 2.78. The molecule has 1 aromatic carbocycles. The summed E-state index contributed by atoms with van der Waals surface area (Å²) in [7, 11) is -3.50. The Morgan fingerprint density at radius 1 is 1.23 bits per heavy atom. The van der Waals surface area contributed by atoms with Crippen LogP contribution in [0.2, 0.25) is 0 Å². The van der Waals surface area contributed by atoms with E-state index in [2.05, 4.69) is 17.2 Å². The van der Waals surface area contributed by atoms with Crippen molar-refractivity contribution in [2.24, 2.45) is 5.92 Å². The number of carbonyl (C=O) groups excluding carboxylic acids is 1. The summed E-state index contributed by atoms with van der Waals surface area (Å²) in [6.45, 7) is 3.50. The molecule has 1 N–H and O–H groups in total. The SMILES string of the molecule is CC1CCCN(S(=O)(=O)c2ccc(C(=O)NCc3ccccn3)cc2)C1. The van der Waals surface area contributed by atoms with Crippen LogP contribution in [0.4, 0.5) is 0 Å². The molecule has 6 nitrogen and oxygen atoms in total. The molecule has 1 saturated heterocycles. The highest BCUT2D eigenvalue weighted by Crippen LogP contribution is 2.23. The molecule has 1 aliphatic heterocycles. The summed E-state index contributed by atoms with van der Waals surface area (Å²) < 4.78 is 27.0. The first-order chi connectivity index (χ1) is 12.5. The van der Waals surface area contributed by atoms with Gasteiger partial charge >= 0.3 is 0 Å². The van der Waals surface area contributed by atoms with Gasteiger partial charge in [0.25, 0.3) is 5.91 Å². The number of rotatable bonds is 5. The first-order valence-electron chi connectivity index (χ1n) is 8.75. The summed E-state index contributed by atoms with van der Waals surface area (Å²) in [4.78, 5) is 16.6. The van der Waals surface area contributed by atoms with Crippen molar-refractivity contribution in [2.45, 2.75) is 31.2 Å². The summed E-state index contributed by atoms with van der Waals surface area (Å²) >= 11 is 0. The van der Waals surface area contributed by atoms with Gasteiger partial charge in [0, 0.05) is 24.8 Å². The highest BCUT2D eigenvalue weighted by atomic mass is 32.2. The van der Waals surface area contributed by atoms with Gasteiger partial charge in [0.1, 0.15) is 0 Å². The zero-order chi connectivity index (χ0) is 18.6. The molecule has 1 atom stereocenters. The predicted octanol–water partition coefficient (Wildman–Crippen LogP) is 2.43. The minimum absolute atomic E-state index is 0.230. The van der Waals surface area contributed by atoms with E-state index >= 15 is 0 Å². The monoisotopic (exact) mass is 373 g/mol. The molecule has 1 aliphatic rings. The normalized spacial score (nSPS) is 18.4. The van der Waals surface area contributed by atoms with E-state index in [1.807, 2.05) is 18.2 Å². The lowest BCUT2D eigenvalue weighted by atomic mass is 10.0. The number of sulfonamides is 1. The Bertz CT molecular complexity index is 851. The van der Waals surface area contributed by atoms with Crippen molar-refractivity contribution in [3.63, 3.8) is 0 Å². The van der Waals surface area contributed by atoms with Gasteiger partial charge in [0.15, 0.2) is 0 Å². The van der Waals surface area contributed by atoms with Crippen molar-refractivity contribution in [3.8, 4) is 0 Å². The van der Waals surface area contributed by atoms with E-state index in [1.165, 1.54) is 16.4 Å². The third-order valence-electron chi connectivity index (χ3n) is 4.53. The molecule has 3 rings (SSSR count). The Morgan fingerprint density at radius 2 is 2.00 bits per heavy atom. The number of benzene rings is 1. The van der Waals surface area contributed by atoms with E-state index in [1.54, 1.807) is 18.3 Å². The molecule has 7 heteroatoms. The number of carbonyl (C=O) groups is 1. The maximum absolute atomic E-state index is 12.7. The van der Waals surface area contributed by atoms with Gasteiger partial charge in [0.2, 0.25) is 10.0 Å². The number of nitrogens with zero attached hydrogens (tertiary/aromatic N) is 2. The van der Waals surface area contributed by atoms with Gasteiger partial charge in [-0.05, 0) is 55.2 Å². The largest absolute Gasteiger partial charge is 0.346 e. The number of amides is 1. The molecule has 0 aliphatic carbocycles. The Morgan fingerprint density at radius 3 is 2.65 bits per heavy atom. The van der Waals surface area contributed by atoms with Gasteiger partial charge in [-0.25, -0.2) is 8.42 Å². The van der Waals surface area contributed by atoms with Crippen molar-refractivity contribution in [1.29, 1.82) is 0 Å². The first kappa shape index (κ1) is 18.5. The second-order valence-corrected chi connectivity index (χ2v) is 8.58. The molecule has 0 spiro atoms. The summed E-state index contributed by atoms with van der Waals surface area (Å²) in [5.74, 6) is 0.112. The molecule has 0 saturated carbocycles. The van der Waals surface area contributed by atoms with Crippen LogP contribution in [0, 0.1) is 5.92 Å². The van der Waals surface area contributed by atoms with Crippen LogP contribution < -0.4 is 5.32 Å². The number of hydrogen-bond acceptors (Lipinski definition) is 4. The summed E-state index contributed by atoms with van der Waals surface area (Å²) in [6, 6.07) is 11.6. The molecule has 1 unspecified atom stereocenters. The standard InChI is InChI=1S/C19H23N3O3S/c1-15-5-4-12-22(14-15)26(24,25)18-9-7-16(8-10-18)19(23)21-13-17-6-2-3-11-20-17/h2-3,6-11,15H,4-5,12-14H2,1H3,(H,21,23). The maximum Gasteiger partial charge on any atom is 0.251 e. The van der Waals surface area contributed by atoms with Gasteiger partial charge in [-0.1, -0.05) is 13.0 Å². The van der Waals surface area contributed by atoms with E-state index in [0.717, 1.165) is 18.5 Å². The number of piperidine rings is 1. The predicted molar refractivity (Wildman–Crippen MR) is 99.0 cm³/mol. The zero-order valence-electron chi connectivity index (χ0n) is 14.8. The molecule has 0 radical (unpaired) electrons. The van der Waals surface area contributed by atoms with Crippen LogP contribution in [0.5, 0.6) is 0 Å². The van der Waals surface area contributed by atoms with Gasteiger partial charge < -0.3 is 5.32 Å². The molecule has 2 aromatic rings.